The summed E-state index contributed by atoms with van der Waals surface area (Å²) < 4.78 is 5.45. The first kappa shape index (κ1) is 24.5. The molecule has 33 heavy (non-hydrogen) atoms. The van der Waals surface area contributed by atoms with Crippen molar-refractivity contribution in [2.24, 2.45) is 0 Å². The van der Waals surface area contributed by atoms with Crippen LogP contribution in [0.1, 0.15) is 43.4 Å². The fourth-order valence-corrected chi connectivity index (χ4v) is 3.90. The molecule has 1 aromatic heterocycles. The van der Waals surface area contributed by atoms with Gasteiger partial charge in [0.15, 0.2) is 6.61 Å². The van der Waals surface area contributed by atoms with Crippen molar-refractivity contribution in [3.05, 3.63) is 70.5 Å². The summed E-state index contributed by atoms with van der Waals surface area (Å²) >= 11 is 6.06. The van der Waals surface area contributed by atoms with Crippen LogP contribution in [0.5, 0.6) is 5.75 Å². The van der Waals surface area contributed by atoms with Gasteiger partial charge in [-0.3, -0.25) is 0 Å². The van der Waals surface area contributed by atoms with Gasteiger partial charge in [-0.2, -0.15) is 0 Å². The van der Waals surface area contributed by atoms with Crippen LogP contribution in [0.25, 0.3) is 11.3 Å². The van der Waals surface area contributed by atoms with E-state index in [1.165, 1.54) is 0 Å². The van der Waals surface area contributed by atoms with Gasteiger partial charge in [0.25, 0.3) is 0 Å². The molecule has 0 amide bonds. The van der Waals surface area contributed by atoms with Crippen LogP contribution in [0.4, 0.5) is 5.82 Å². The first-order chi connectivity index (χ1) is 15.9. The maximum Gasteiger partial charge on any atom is 0.341 e. The van der Waals surface area contributed by atoms with E-state index in [0.717, 1.165) is 59.6 Å². The molecule has 0 aliphatic carbocycles. The zero-order valence-electron chi connectivity index (χ0n) is 19.3. The van der Waals surface area contributed by atoms with Crippen molar-refractivity contribution >= 4 is 23.4 Å². The molecule has 0 aliphatic heterocycles. The average Bonchev–Trinajstić information content (AvgIpc) is 2.81. The van der Waals surface area contributed by atoms with Crippen LogP contribution in [0.3, 0.4) is 0 Å². The number of carboxylic acids is 1. The van der Waals surface area contributed by atoms with Crippen LogP contribution in [-0.4, -0.2) is 34.2 Å². The number of nitrogens with zero attached hydrogens (tertiary/aromatic N) is 3. The second kappa shape index (κ2) is 11.7. The van der Waals surface area contributed by atoms with Crippen LogP contribution in [0.2, 0.25) is 5.02 Å². The monoisotopic (exact) mass is 467 g/mol. The van der Waals surface area contributed by atoms with Crippen molar-refractivity contribution in [2.75, 3.05) is 18.1 Å². The Balaban J connectivity index is 1.91. The Morgan fingerprint density at radius 3 is 2.55 bits per heavy atom. The topological polar surface area (TPSA) is 75.5 Å². The molecule has 0 atom stereocenters. The lowest BCUT2D eigenvalue weighted by Gasteiger charge is -2.26. The van der Waals surface area contributed by atoms with Gasteiger partial charge in [0.2, 0.25) is 0 Å². The highest BCUT2D eigenvalue weighted by atomic mass is 35.5. The number of hydrogen-bond acceptors (Lipinski definition) is 5. The SMILES string of the molecule is CCCCN(Cc1ccc(OCC(=O)O)c(CC)c1)c1ncnc(-c2ccc(Cl)cc2)c1C. The number of carbonyl (C=O) groups is 1. The third kappa shape index (κ3) is 6.45. The molecule has 0 aliphatic rings. The molecular weight excluding hydrogens is 438 g/mol. The highest BCUT2D eigenvalue weighted by molar-refractivity contribution is 6.30. The fraction of sp³-hybridized carbons (Fsp3) is 0.346. The summed E-state index contributed by atoms with van der Waals surface area (Å²) in [6, 6.07) is 13.6. The molecule has 3 rings (SSSR count). The third-order valence-corrected chi connectivity index (χ3v) is 5.74. The molecule has 3 aromatic rings. The maximum absolute atomic E-state index is 10.9. The number of hydrogen-bond donors (Lipinski definition) is 1. The Morgan fingerprint density at radius 2 is 1.88 bits per heavy atom. The molecule has 0 fully saturated rings. The number of anilines is 1. The lowest BCUT2D eigenvalue weighted by atomic mass is 10.1. The quantitative estimate of drug-likeness (QED) is 0.376. The first-order valence-electron chi connectivity index (χ1n) is 11.2. The fourth-order valence-electron chi connectivity index (χ4n) is 3.78. The van der Waals surface area contributed by atoms with E-state index in [4.69, 9.17) is 21.4 Å². The molecule has 0 bridgehead atoms. The maximum atomic E-state index is 10.9. The van der Waals surface area contributed by atoms with Gasteiger partial charge in [-0.25, -0.2) is 14.8 Å². The standard InChI is InChI=1S/C26H30ClN3O3/c1-4-6-13-30(15-19-7-12-23(20(5-2)14-19)33-16-24(31)32)26-18(3)25(28-17-29-26)21-8-10-22(27)11-9-21/h7-12,14,17H,4-6,13,15-16H2,1-3H3,(H,31,32). The van der Waals surface area contributed by atoms with E-state index in [9.17, 15) is 4.79 Å². The molecule has 0 unspecified atom stereocenters. The summed E-state index contributed by atoms with van der Waals surface area (Å²) in [5, 5.41) is 9.61. The van der Waals surface area contributed by atoms with Crippen molar-refractivity contribution in [3.63, 3.8) is 0 Å². The smallest absolute Gasteiger partial charge is 0.341 e. The summed E-state index contributed by atoms with van der Waals surface area (Å²) in [6.45, 7) is 7.47. The van der Waals surface area contributed by atoms with E-state index in [-0.39, 0.29) is 6.61 Å². The van der Waals surface area contributed by atoms with Crippen molar-refractivity contribution in [3.8, 4) is 17.0 Å². The van der Waals surface area contributed by atoms with Gasteiger partial charge in [-0.05, 0) is 49.1 Å². The van der Waals surface area contributed by atoms with Gasteiger partial charge in [0, 0.05) is 29.2 Å². The number of aromatic nitrogens is 2. The minimum Gasteiger partial charge on any atom is -0.482 e. The Morgan fingerprint density at radius 1 is 1.12 bits per heavy atom. The van der Waals surface area contributed by atoms with Gasteiger partial charge in [0.05, 0.1) is 5.69 Å². The number of aliphatic carboxylic acids is 1. The minimum absolute atomic E-state index is 0.345. The van der Waals surface area contributed by atoms with E-state index >= 15 is 0 Å². The number of unbranched alkanes of at least 4 members (excludes halogenated alkanes) is 1. The van der Waals surface area contributed by atoms with Gasteiger partial charge < -0.3 is 14.7 Å². The van der Waals surface area contributed by atoms with Gasteiger partial charge >= 0.3 is 5.97 Å². The Bertz CT molecular complexity index is 1090. The predicted molar refractivity (Wildman–Crippen MR) is 132 cm³/mol. The number of carboxylic acid groups (broad SMARTS) is 1. The molecule has 1 heterocycles. The van der Waals surface area contributed by atoms with Gasteiger partial charge in [-0.15, -0.1) is 0 Å². The van der Waals surface area contributed by atoms with Crippen LogP contribution < -0.4 is 9.64 Å². The number of aryl methyl sites for hydroxylation is 1. The van der Waals surface area contributed by atoms with E-state index in [0.29, 0.717) is 17.3 Å². The molecule has 0 saturated carbocycles. The molecule has 7 heteroatoms. The number of ether oxygens (including phenoxy) is 1. The highest BCUT2D eigenvalue weighted by Gasteiger charge is 2.17. The second-order valence-electron chi connectivity index (χ2n) is 7.93. The molecular formula is C26H30ClN3O3. The summed E-state index contributed by atoms with van der Waals surface area (Å²) in [5.41, 5.74) is 5.03. The molecule has 0 saturated heterocycles. The molecule has 0 spiro atoms. The summed E-state index contributed by atoms with van der Waals surface area (Å²) in [5.74, 6) is 0.544. The normalized spacial score (nSPS) is 10.8. The predicted octanol–water partition coefficient (Wildman–Crippen LogP) is 5.94. The van der Waals surface area contributed by atoms with Crippen molar-refractivity contribution in [1.82, 2.24) is 9.97 Å². The van der Waals surface area contributed by atoms with E-state index in [1.54, 1.807) is 6.33 Å². The number of halogens is 1. The van der Waals surface area contributed by atoms with E-state index in [1.807, 2.05) is 43.3 Å². The zero-order chi connectivity index (χ0) is 23.8. The van der Waals surface area contributed by atoms with Gasteiger partial charge in [0.1, 0.15) is 17.9 Å². The van der Waals surface area contributed by atoms with Crippen molar-refractivity contribution in [2.45, 2.75) is 46.6 Å². The van der Waals surface area contributed by atoms with Crippen molar-refractivity contribution in [1.29, 1.82) is 0 Å². The van der Waals surface area contributed by atoms with Crippen LogP contribution in [0, 0.1) is 6.92 Å². The first-order valence-corrected chi connectivity index (χ1v) is 11.6. The Kier molecular flexibility index (Phi) is 8.66. The highest BCUT2D eigenvalue weighted by Crippen LogP contribution is 2.30. The Labute approximate surface area is 200 Å². The lowest BCUT2D eigenvalue weighted by Crippen LogP contribution is -2.26. The number of rotatable bonds is 11. The molecule has 2 aromatic carbocycles. The molecule has 174 valence electrons. The van der Waals surface area contributed by atoms with Crippen molar-refractivity contribution < 1.29 is 14.6 Å². The van der Waals surface area contributed by atoms with Crippen LogP contribution in [0.15, 0.2) is 48.8 Å². The summed E-state index contributed by atoms with van der Waals surface area (Å²) in [7, 11) is 0. The third-order valence-electron chi connectivity index (χ3n) is 5.49. The molecule has 1 N–H and O–H groups in total. The molecule has 6 nitrogen and oxygen atoms in total. The van der Waals surface area contributed by atoms with E-state index in [2.05, 4.69) is 34.8 Å². The van der Waals surface area contributed by atoms with E-state index < -0.39 is 5.97 Å². The van der Waals surface area contributed by atoms with Crippen LogP contribution in [-0.2, 0) is 17.8 Å². The lowest BCUT2D eigenvalue weighted by molar-refractivity contribution is -0.139. The number of benzene rings is 2. The summed E-state index contributed by atoms with van der Waals surface area (Å²) in [4.78, 5) is 22.3. The average molecular weight is 468 g/mol. The zero-order valence-corrected chi connectivity index (χ0v) is 20.1. The Hall–Kier alpha value is -3.12. The van der Waals surface area contributed by atoms with Gasteiger partial charge in [-0.1, -0.05) is 56.1 Å². The second-order valence-corrected chi connectivity index (χ2v) is 8.37. The largest absolute Gasteiger partial charge is 0.482 e. The summed E-state index contributed by atoms with van der Waals surface area (Å²) in [6.07, 6.45) is 4.49. The van der Waals surface area contributed by atoms with Crippen LogP contribution >= 0.6 is 11.6 Å². The molecule has 0 radical (unpaired) electrons. The minimum atomic E-state index is -0.984.